The zero-order valence-electron chi connectivity index (χ0n) is 8.96. The maximum Gasteiger partial charge on any atom is 0.0351 e. The Labute approximate surface area is 86.8 Å². The van der Waals surface area contributed by atoms with E-state index in [2.05, 4.69) is 30.8 Å². The van der Waals surface area contributed by atoms with Crippen molar-refractivity contribution in [2.24, 2.45) is 5.92 Å². The number of hydrogen-bond acceptors (Lipinski definition) is 2. The molecule has 2 atom stereocenters. The summed E-state index contributed by atoms with van der Waals surface area (Å²) in [6, 6.07) is 0.756. The van der Waals surface area contributed by atoms with Crippen molar-refractivity contribution in [2.45, 2.75) is 19.4 Å². The Kier molecular flexibility index (Phi) is 4.50. The molecule has 1 saturated heterocycles. The number of hydrogen-bond donors (Lipinski definition) is 0. The zero-order chi connectivity index (χ0) is 9.84. The Bertz CT molecular complexity index is 150. The normalized spacial score (nSPS) is 31.2. The fraction of sp³-hybridized carbons (Fsp3) is 1.00. The highest BCUT2D eigenvalue weighted by atomic mass is 35.5. The summed E-state index contributed by atoms with van der Waals surface area (Å²) < 4.78 is 0. The van der Waals surface area contributed by atoms with Gasteiger partial charge in [0.25, 0.3) is 0 Å². The van der Waals surface area contributed by atoms with Crippen LogP contribution in [0, 0.1) is 5.92 Å². The summed E-state index contributed by atoms with van der Waals surface area (Å²) in [5, 5.41) is 0. The summed E-state index contributed by atoms with van der Waals surface area (Å²) in [6.45, 7) is 5.80. The van der Waals surface area contributed by atoms with Crippen molar-refractivity contribution in [1.29, 1.82) is 0 Å². The van der Waals surface area contributed by atoms with E-state index in [1.54, 1.807) is 0 Å². The first-order chi connectivity index (χ1) is 6.15. The lowest BCUT2D eigenvalue weighted by atomic mass is 9.93. The lowest BCUT2D eigenvalue weighted by molar-refractivity contribution is 0.0985. The Morgan fingerprint density at radius 2 is 2.15 bits per heavy atom. The minimum Gasteiger partial charge on any atom is -0.306 e. The average molecular weight is 205 g/mol. The highest BCUT2D eigenvalue weighted by molar-refractivity contribution is 6.18. The predicted molar refractivity (Wildman–Crippen MR) is 58.4 cm³/mol. The van der Waals surface area contributed by atoms with Crippen molar-refractivity contribution < 1.29 is 0 Å². The molecule has 1 aliphatic heterocycles. The molecule has 0 N–H and O–H groups in total. The SMILES string of the molecule is CC1CN(CCCl)CCC1N(C)C. The molecular formula is C10H21ClN2. The van der Waals surface area contributed by atoms with Crippen molar-refractivity contribution in [2.75, 3.05) is 39.6 Å². The first kappa shape index (κ1) is 11.3. The van der Waals surface area contributed by atoms with Gasteiger partial charge in [-0.3, -0.25) is 0 Å². The lowest BCUT2D eigenvalue weighted by Gasteiger charge is -2.39. The molecule has 0 spiro atoms. The van der Waals surface area contributed by atoms with Gasteiger partial charge < -0.3 is 9.80 Å². The van der Waals surface area contributed by atoms with Crippen molar-refractivity contribution in [1.82, 2.24) is 9.80 Å². The third-order valence-corrected chi connectivity index (χ3v) is 3.18. The Morgan fingerprint density at radius 3 is 2.62 bits per heavy atom. The monoisotopic (exact) mass is 204 g/mol. The van der Waals surface area contributed by atoms with Crippen LogP contribution in [0.2, 0.25) is 0 Å². The second-order valence-electron chi connectivity index (χ2n) is 4.29. The quantitative estimate of drug-likeness (QED) is 0.643. The molecule has 0 bridgehead atoms. The first-order valence-corrected chi connectivity index (χ1v) is 5.63. The van der Waals surface area contributed by atoms with Gasteiger partial charge in [0, 0.05) is 25.0 Å². The Balaban J connectivity index is 2.37. The maximum absolute atomic E-state index is 5.73. The standard InChI is InChI=1S/C10H21ClN2/c1-9-8-13(7-5-11)6-4-10(9)12(2)3/h9-10H,4-8H2,1-3H3. The van der Waals surface area contributed by atoms with Gasteiger partial charge in [-0.25, -0.2) is 0 Å². The molecule has 0 amide bonds. The lowest BCUT2D eigenvalue weighted by Crippen LogP contribution is -2.48. The second-order valence-corrected chi connectivity index (χ2v) is 4.66. The van der Waals surface area contributed by atoms with Crippen molar-refractivity contribution in [3.8, 4) is 0 Å². The van der Waals surface area contributed by atoms with Crippen molar-refractivity contribution in [3.05, 3.63) is 0 Å². The second kappa shape index (κ2) is 5.18. The smallest absolute Gasteiger partial charge is 0.0351 e. The molecule has 2 nitrogen and oxygen atoms in total. The largest absolute Gasteiger partial charge is 0.306 e. The van der Waals surface area contributed by atoms with Crippen molar-refractivity contribution >= 4 is 11.6 Å². The molecule has 1 heterocycles. The molecule has 1 fully saturated rings. The number of nitrogens with zero attached hydrogens (tertiary/aromatic N) is 2. The van der Waals surface area contributed by atoms with Gasteiger partial charge in [0.15, 0.2) is 0 Å². The van der Waals surface area contributed by atoms with Gasteiger partial charge in [0.05, 0.1) is 0 Å². The number of rotatable bonds is 3. The average Bonchev–Trinajstić information content (AvgIpc) is 2.04. The number of alkyl halides is 1. The fourth-order valence-corrected chi connectivity index (χ4v) is 2.55. The van der Waals surface area contributed by atoms with E-state index >= 15 is 0 Å². The summed E-state index contributed by atoms with van der Waals surface area (Å²) in [4.78, 5) is 4.82. The van der Waals surface area contributed by atoms with Gasteiger partial charge in [-0.05, 0) is 33.0 Å². The topological polar surface area (TPSA) is 6.48 Å². The van der Waals surface area contributed by atoms with Crippen LogP contribution in [-0.4, -0.2) is 55.5 Å². The van der Waals surface area contributed by atoms with Crippen LogP contribution < -0.4 is 0 Å². The van der Waals surface area contributed by atoms with Gasteiger partial charge in [-0.1, -0.05) is 6.92 Å². The summed E-state index contributed by atoms with van der Waals surface area (Å²) in [5.41, 5.74) is 0. The van der Waals surface area contributed by atoms with Crippen LogP contribution in [0.3, 0.4) is 0 Å². The summed E-state index contributed by atoms with van der Waals surface area (Å²) >= 11 is 5.73. The van der Waals surface area contributed by atoms with Gasteiger partial charge in [0.2, 0.25) is 0 Å². The van der Waals surface area contributed by atoms with Gasteiger partial charge in [-0.2, -0.15) is 0 Å². The number of likely N-dealkylation sites (tertiary alicyclic amines) is 1. The Hall–Kier alpha value is 0.210. The van der Waals surface area contributed by atoms with E-state index in [1.165, 1.54) is 19.5 Å². The van der Waals surface area contributed by atoms with E-state index < -0.39 is 0 Å². The third kappa shape index (κ3) is 3.12. The summed E-state index contributed by atoms with van der Waals surface area (Å²) in [5.74, 6) is 1.53. The molecule has 0 aromatic carbocycles. The van der Waals surface area contributed by atoms with E-state index in [9.17, 15) is 0 Å². The predicted octanol–water partition coefficient (Wildman–Crippen LogP) is 1.50. The Morgan fingerprint density at radius 1 is 1.46 bits per heavy atom. The van der Waals surface area contributed by atoms with Gasteiger partial charge in [-0.15, -0.1) is 11.6 Å². The van der Waals surface area contributed by atoms with Crippen LogP contribution >= 0.6 is 11.6 Å². The molecule has 78 valence electrons. The molecule has 3 heteroatoms. The van der Waals surface area contributed by atoms with Crippen LogP contribution in [0.5, 0.6) is 0 Å². The molecule has 0 aliphatic carbocycles. The van der Waals surface area contributed by atoms with E-state index in [4.69, 9.17) is 11.6 Å². The van der Waals surface area contributed by atoms with E-state index in [1.807, 2.05) is 0 Å². The molecule has 1 rings (SSSR count). The van der Waals surface area contributed by atoms with Crippen molar-refractivity contribution in [3.63, 3.8) is 0 Å². The maximum atomic E-state index is 5.73. The number of halogens is 1. The highest BCUT2D eigenvalue weighted by Crippen LogP contribution is 2.19. The molecule has 1 aliphatic rings. The van der Waals surface area contributed by atoms with Gasteiger partial charge in [0.1, 0.15) is 0 Å². The van der Waals surface area contributed by atoms with Gasteiger partial charge >= 0.3 is 0 Å². The summed E-state index contributed by atoms with van der Waals surface area (Å²) in [7, 11) is 4.36. The third-order valence-electron chi connectivity index (χ3n) is 3.01. The molecule has 0 saturated carbocycles. The van der Waals surface area contributed by atoms with E-state index in [0.717, 1.165) is 24.4 Å². The highest BCUT2D eigenvalue weighted by Gasteiger charge is 2.26. The molecule has 0 radical (unpaired) electrons. The molecule has 0 aromatic heterocycles. The number of piperidine rings is 1. The molecule has 0 aromatic rings. The van der Waals surface area contributed by atoms with E-state index in [-0.39, 0.29) is 0 Å². The molecule has 13 heavy (non-hydrogen) atoms. The zero-order valence-corrected chi connectivity index (χ0v) is 9.72. The first-order valence-electron chi connectivity index (χ1n) is 5.10. The fourth-order valence-electron chi connectivity index (χ4n) is 2.31. The molecule has 2 unspecified atom stereocenters. The molecular weight excluding hydrogens is 184 g/mol. The minimum absolute atomic E-state index is 0.756. The van der Waals surface area contributed by atoms with Crippen LogP contribution in [0.4, 0.5) is 0 Å². The summed E-state index contributed by atoms with van der Waals surface area (Å²) in [6.07, 6.45) is 1.28. The van der Waals surface area contributed by atoms with Crippen LogP contribution in [0.15, 0.2) is 0 Å². The van der Waals surface area contributed by atoms with Crippen LogP contribution in [0.1, 0.15) is 13.3 Å². The van der Waals surface area contributed by atoms with E-state index in [0.29, 0.717) is 0 Å². The minimum atomic E-state index is 0.756. The van der Waals surface area contributed by atoms with Crippen LogP contribution in [0.25, 0.3) is 0 Å². The van der Waals surface area contributed by atoms with Crippen LogP contribution in [-0.2, 0) is 0 Å².